The van der Waals surface area contributed by atoms with Crippen LogP contribution in [0.25, 0.3) is 0 Å². The number of hydrogen-bond donors (Lipinski definition) is 1. The molecule has 2 aliphatic heterocycles. The molecule has 7 heteroatoms. The van der Waals surface area contributed by atoms with E-state index in [0.29, 0.717) is 12.5 Å². The lowest BCUT2D eigenvalue weighted by Gasteiger charge is -2.34. The van der Waals surface area contributed by atoms with E-state index in [4.69, 9.17) is 11.6 Å². The van der Waals surface area contributed by atoms with E-state index in [1.807, 2.05) is 25.1 Å². The Kier molecular flexibility index (Phi) is 7.41. The SMILES string of the molecule is Cc1ccnc(N2CCCC(C(=O)NCC3CCN(Cc4ccc(Cl)cc4)CC3)C2)n1. The Hall–Kier alpha value is -2.18. The fraction of sp³-hybridized carbons (Fsp3) is 0.542. The molecule has 2 saturated heterocycles. The van der Waals surface area contributed by atoms with Gasteiger partial charge in [-0.2, -0.15) is 0 Å². The fourth-order valence-electron chi connectivity index (χ4n) is 4.55. The Morgan fingerprint density at radius 3 is 2.65 bits per heavy atom. The number of anilines is 1. The van der Waals surface area contributed by atoms with Gasteiger partial charge in [0.1, 0.15) is 0 Å². The molecule has 2 aliphatic rings. The second-order valence-electron chi connectivity index (χ2n) is 8.87. The van der Waals surface area contributed by atoms with Crippen molar-refractivity contribution >= 4 is 23.5 Å². The topological polar surface area (TPSA) is 61.4 Å². The molecule has 31 heavy (non-hydrogen) atoms. The van der Waals surface area contributed by atoms with E-state index in [0.717, 1.165) is 75.1 Å². The maximum Gasteiger partial charge on any atom is 0.225 e. The number of rotatable bonds is 6. The molecule has 0 aliphatic carbocycles. The number of nitrogens with zero attached hydrogens (tertiary/aromatic N) is 4. The zero-order valence-corrected chi connectivity index (χ0v) is 19.0. The summed E-state index contributed by atoms with van der Waals surface area (Å²) in [5.74, 6) is 1.50. The molecule has 1 atom stereocenters. The predicted octanol–water partition coefficient (Wildman–Crippen LogP) is 3.68. The molecular weight excluding hydrogens is 410 g/mol. The van der Waals surface area contributed by atoms with Crippen molar-refractivity contribution in [3.05, 3.63) is 52.8 Å². The van der Waals surface area contributed by atoms with Crippen LogP contribution in [0.4, 0.5) is 5.95 Å². The van der Waals surface area contributed by atoms with Crippen molar-refractivity contribution < 1.29 is 4.79 Å². The van der Waals surface area contributed by atoms with Gasteiger partial charge in [-0.3, -0.25) is 9.69 Å². The average Bonchev–Trinajstić information content (AvgIpc) is 2.80. The molecule has 2 aromatic rings. The third kappa shape index (κ3) is 6.17. The molecule has 3 heterocycles. The highest BCUT2D eigenvalue weighted by molar-refractivity contribution is 6.30. The van der Waals surface area contributed by atoms with Crippen molar-refractivity contribution in [2.45, 2.75) is 39.2 Å². The Morgan fingerprint density at radius 2 is 1.90 bits per heavy atom. The smallest absolute Gasteiger partial charge is 0.225 e. The summed E-state index contributed by atoms with van der Waals surface area (Å²) >= 11 is 5.98. The first kappa shape index (κ1) is 22.0. The van der Waals surface area contributed by atoms with Crippen LogP contribution in [0.3, 0.4) is 0 Å². The first-order chi connectivity index (χ1) is 15.1. The first-order valence-corrected chi connectivity index (χ1v) is 11.7. The Bertz CT molecular complexity index is 867. The summed E-state index contributed by atoms with van der Waals surface area (Å²) in [5.41, 5.74) is 2.26. The van der Waals surface area contributed by atoms with Crippen molar-refractivity contribution in [1.82, 2.24) is 20.2 Å². The number of likely N-dealkylation sites (tertiary alicyclic amines) is 1. The second kappa shape index (κ2) is 10.4. The minimum absolute atomic E-state index is 0.0165. The van der Waals surface area contributed by atoms with Crippen LogP contribution in [0.15, 0.2) is 36.5 Å². The zero-order chi connectivity index (χ0) is 21.6. The second-order valence-corrected chi connectivity index (χ2v) is 9.31. The van der Waals surface area contributed by atoms with E-state index >= 15 is 0 Å². The summed E-state index contributed by atoms with van der Waals surface area (Å²) in [7, 11) is 0. The average molecular weight is 442 g/mol. The highest BCUT2D eigenvalue weighted by Gasteiger charge is 2.28. The highest BCUT2D eigenvalue weighted by Crippen LogP contribution is 2.22. The molecule has 2 fully saturated rings. The number of aromatic nitrogens is 2. The standard InChI is InChI=1S/C24H32ClN5O/c1-18-8-11-26-24(28-18)30-12-2-3-21(17-30)23(31)27-15-19-9-13-29(14-10-19)16-20-4-6-22(25)7-5-20/h4-8,11,19,21H,2-3,9-10,12-17H2,1H3,(H,27,31). The van der Waals surface area contributed by atoms with Gasteiger partial charge in [0.15, 0.2) is 0 Å². The van der Waals surface area contributed by atoms with Crippen LogP contribution in [-0.4, -0.2) is 53.5 Å². The van der Waals surface area contributed by atoms with Crippen molar-refractivity contribution in [1.29, 1.82) is 0 Å². The van der Waals surface area contributed by atoms with Gasteiger partial charge in [0.05, 0.1) is 5.92 Å². The van der Waals surface area contributed by atoms with Gasteiger partial charge in [0, 0.05) is 43.1 Å². The predicted molar refractivity (Wildman–Crippen MR) is 124 cm³/mol. The van der Waals surface area contributed by atoms with Crippen LogP contribution in [0, 0.1) is 18.8 Å². The van der Waals surface area contributed by atoms with Crippen molar-refractivity contribution in [3.8, 4) is 0 Å². The molecule has 1 unspecified atom stereocenters. The van der Waals surface area contributed by atoms with E-state index in [9.17, 15) is 4.79 Å². The monoisotopic (exact) mass is 441 g/mol. The number of benzene rings is 1. The largest absolute Gasteiger partial charge is 0.356 e. The molecule has 1 N–H and O–H groups in total. The minimum Gasteiger partial charge on any atom is -0.356 e. The van der Waals surface area contributed by atoms with Gasteiger partial charge in [0.25, 0.3) is 0 Å². The Labute approximate surface area is 190 Å². The third-order valence-electron chi connectivity index (χ3n) is 6.45. The fourth-order valence-corrected chi connectivity index (χ4v) is 4.67. The molecule has 1 aromatic carbocycles. The van der Waals surface area contributed by atoms with Gasteiger partial charge in [-0.25, -0.2) is 9.97 Å². The number of carbonyl (C=O) groups is 1. The summed E-state index contributed by atoms with van der Waals surface area (Å²) in [6.07, 6.45) is 5.98. The highest BCUT2D eigenvalue weighted by atomic mass is 35.5. The molecule has 0 radical (unpaired) electrons. The Morgan fingerprint density at radius 1 is 1.13 bits per heavy atom. The van der Waals surface area contributed by atoms with Crippen LogP contribution in [0.2, 0.25) is 5.02 Å². The van der Waals surface area contributed by atoms with E-state index in [-0.39, 0.29) is 11.8 Å². The summed E-state index contributed by atoms with van der Waals surface area (Å²) in [5, 5.41) is 4.02. The lowest BCUT2D eigenvalue weighted by atomic mass is 9.94. The summed E-state index contributed by atoms with van der Waals surface area (Å²) in [6, 6.07) is 10.0. The van der Waals surface area contributed by atoms with Crippen LogP contribution in [0.5, 0.6) is 0 Å². The van der Waals surface area contributed by atoms with Crippen LogP contribution in [0.1, 0.15) is 36.9 Å². The summed E-state index contributed by atoms with van der Waals surface area (Å²) in [4.78, 5) is 26.4. The quantitative estimate of drug-likeness (QED) is 0.740. The number of piperidine rings is 2. The molecule has 0 saturated carbocycles. The maximum atomic E-state index is 12.8. The number of halogens is 1. The van der Waals surface area contributed by atoms with Gasteiger partial charge < -0.3 is 10.2 Å². The number of amides is 1. The minimum atomic E-state index is 0.0165. The molecule has 0 spiro atoms. The van der Waals surface area contributed by atoms with Crippen LogP contribution in [-0.2, 0) is 11.3 Å². The van der Waals surface area contributed by atoms with Gasteiger partial charge in [0.2, 0.25) is 11.9 Å². The number of aryl methyl sites for hydroxylation is 1. The maximum absolute atomic E-state index is 12.8. The lowest BCUT2D eigenvalue weighted by Crippen LogP contribution is -2.45. The van der Waals surface area contributed by atoms with Crippen molar-refractivity contribution in [3.63, 3.8) is 0 Å². The first-order valence-electron chi connectivity index (χ1n) is 11.4. The molecule has 1 amide bonds. The summed E-state index contributed by atoms with van der Waals surface area (Å²) in [6.45, 7) is 7.49. The molecular formula is C24H32ClN5O. The zero-order valence-electron chi connectivity index (χ0n) is 18.3. The van der Waals surface area contributed by atoms with Gasteiger partial charge in [-0.1, -0.05) is 23.7 Å². The van der Waals surface area contributed by atoms with Gasteiger partial charge in [-0.05, 0) is 75.4 Å². The van der Waals surface area contributed by atoms with Gasteiger partial charge >= 0.3 is 0 Å². The molecule has 166 valence electrons. The molecule has 6 nitrogen and oxygen atoms in total. The number of hydrogen-bond acceptors (Lipinski definition) is 5. The van der Waals surface area contributed by atoms with Crippen molar-refractivity contribution in [2.75, 3.05) is 37.6 Å². The molecule has 0 bridgehead atoms. The van der Waals surface area contributed by atoms with E-state index in [2.05, 4.69) is 37.2 Å². The molecule has 1 aromatic heterocycles. The number of nitrogens with one attached hydrogen (secondary N) is 1. The van der Waals surface area contributed by atoms with Crippen LogP contribution >= 0.6 is 11.6 Å². The van der Waals surface area contributed by atoms with Crippen LogP contribution < -0.4 is 10.2 Å². The van der Waals surface area contributed by atoms with E-state index < -0.39 is 0 Å². The third-order valence-corrected chi connectivity index (χ3v) is 6.70. The lowest BCUT2D eigenvalue weighted by molar-refractivity contribution is -0.125. The van der Waals surface area contributed by atoms with E-state index in [1.165, 1.54) is 5.56 Å². The Balaban J connectivity index is 1.20. The normalized spacial score (nSPS) is 20.6. The molecule has 4 rings (SSSR count). The van der Waals surface area contributed by atoms with Crippen molar-refractivity contribution in [2.24, 2.45) is 11.8 Å². The van der Waals surface area contributed by atoms with E-state index in [1.54, 1.807) is 6.20 Å². The number of carbonyl (C=O) groups excluding carboxylic acids is 1. The van der Waals surface area contributed by atoms with Gasteiger partial charge in [-0.15, -0.1) is 0 Å². The summed E-state index contributed by atoms with van der Waals surface area (Å²) < 4.78 is 0.